The lowest BCUT2D eigenvalue weighted by molar-refractivity contribution is 0.514. The maximum absolute atomic E-state index is 5.84. The van der Waals surface area contributed by atoms with Crippen molar-refractivity contribution in [1.82, 2.24) is 4.98 Å². The molecule has 1 atom stereocenters. The normalized spacial score (nSPS) is 12.8. The van der Waals surface area contributed by atoms with E-state index < -0.39 is 0 Å². The first-order valence-electron chi connectivity index (χ1n) is 6.90. The van der Waals surface area contributed by atoms with E-state index in [0.717, 1.165) is 27.8 Å². The topological polar surface area (TPSA) is 51.2 Å². The van der Waals surface area contributed by atoms with Gasteiger partial charge in [-0.1, -0.05) is 30.3 Å². The highest BCUT2D eigenvalue weighted by Gasteiger charge is 2.14. The summed E-state index contributed by atoms with van der Waals surface area (Å²) in [6.07, 6.45) is 0. The van der Waals surface area contributed by atoms with Gasteiger partial charge in [0.25, 0.3) is 6.01 Å². The van der Waals surface area contributed by atoms with E-state index in [-0.39, 0.29) is 6.04 Å². The minimum atomic E-state index is -0.0227. The van der Waals surface area contributed by atoms with Crippen molar-refractivity contribution in [3.05, 3.63) is 60.4 Å². The van der Waals surface area contributed by atoms with Crippen LogP contribution in [0.5, 0.6) is 0 Å². The average molecular weight is 278 g/mol. The van der Waals surface area contributed by atoms with Crippen LogP contribution in [-0.4, -0.2) is 4.98 Å². The summed E-state index contributed by atoms with van der Waals surface area (Å²) in [5.41, 5.74) is 2.51. The lowest BCUT2D eigenvalue weighted by Crippen LogP contribution is -2.05. The van der Waals surface area contributed by atoms with Crippen LogP contribution in [0.2, 0.25) is 0 Å². The predicted octanol–water partition coefficient (Wildman–Crippen LogP) is 4.75. The Bertz CT molecular complexity index is 841. The molecule has 0 aliphatic heterocycles. The molecule has 0 amide bonds. The van der Waals surface area contributed by atoms with Gasteiger partial charge >= 0.3 is 0 Å². The molecule has 0 saturated carbocycles. The second kappa shape index (κ2) is 4.66. The zero-order valence-electron chi connectivity index (χ0n) is 11.5. The SMILES string of the molecule is CC(Nc1nc2ccccc2o1)c1cc2ccccc2o1. The minimum Gasteiger partial charge on any atom is -0.459 e. The summed E-state index contributed by atoms with van der Waals surface area (Å²) in [6.45, 7) is 2.02. The number of benzene rings is 2. The van der Waals surface area contributed by atoms with Gasteiger partial charge in [0.15, 0.2) is 5.58 Å². The molecule has 4 aromatic rings. The number of para-hydroxylation sites is 3. The molecule has 0 saturated heterocycles. The van der Waals surface area contributed by atoms with Crippen LogP contribution in [0.15, 0.2) is 63.4 Å². The standard InChI is InChI=1S/C17H14N2O2/c1-11(16-10-12-6-2-4-8-14(12)20-16)18-17-19-13-7-3-5-9-15(13)21-17/h2-11H,1H3,(H,18,19). The first-order chi connectivity index (χ1) is 10.3. The fourth-order valence-electron chi connectivity index (χ4n) is 2.41. The fraction of sp³-hybridized carbons (Fsp3) is 0.118. The van der Waals surface area contributed by atoms with E-state index in [9.17, 15) is 0 Å². The van der Waals surface area contributed by atoms with Crippen LogP contribution in [0, 0.1) is 0 Å². The maximum Gasteiger partial charge on any atom is 0.296 e. The van der Waals surface area contributed by atoms with E-state index in [1.54, 1.807) is 0 Å². The van der Waals surface area contributed by atoms with E-state index in [4.69, 9.17) is 8.83 Å². The number of oxazole rings is 1. The monoisotopic (exact) mass is 278 g/mol. The molecule has 2 heterocycles. The van der Waals surface area contributed by atoms with Gasteiger partial charge in [0, 0.05) is 5.39 Å². The predicted molar refractivity (Wildman–Crippen MR) is 82.3 cm³/mol. The van der Waals surface area contributed by atoms with E-state index in [1.165, 1.54) is 0 Å². The average Bonchev–Trinajstić information content (AvgIpc) is 3.10. The van der Waals surface area contributed by atoms with E-state index in [2.05, 4.69) is 10.3 Å². The molecule has 2 aromatic carbocycles. The highest BCUT2D eigenvalue weighted by atomic mass is 16.4. The van der Waals surface area contributed by atoms with Crippen LogP contribution in [0.1, 0.15) is 18.7 Å². The molecule has 0 radical (unpaired) electrons. The van der Waals surface area contributed by atoms with Gasteiger partial charge in [-0.2, -0.15) is 4.98 Å². The summed E-state index contributed by atoms with van der Waals surface area (Å²) in [6, 6.07) is 18.2. The minimum absolute atomic E-state index is 0.0227. The Kier molecular flexibility index (Phi) is 2.67. The second-order valence-corrected chi connectivity index (χ2v) is 5.04. The third-order valence-corrected chi connectivity index (χ3v) is 3.51. The van der Waals surface area contributed by atoms with Gasteiger partial charge in [-0.3, -0.25) is 0 Å². The van der Waals surface area contributed by atoms with Crippen LogP contribution < -0.4 is 5.32 Å². The van der Waals surface area contributed by atoms with Crippen molar-refractivity contribution in [2.45, 2.75) is 13.0 Å². The number of hydrogen-bond donors (Lipinski definition) is 1. The van der Waals surface area contributed by atoms with Gasteiger partial charge in [-0.05, 0) is 31.2 Å². The molecule has 104 valence electrons. The third kappa shape index (κ3) is 2.14. The first kappa shape index (κ1) is 12.0. The van der Waals surface area contributed by atoms with Crippen molar-refractivity contribution in [3.63, 3.8) is 0 Å². The highest BCUT2D eigenvalue weighted by Crippen LogP contribution is 2.27. The van der Waals surface area contributed by atoms with Crippen LogP contribution in [-0.2, 0) is 0 Å². The molecule has 4 heteroatoms. The summed E-state index contributed by atoms with van der Waals surface area (Å²) in [7, 11) is 0. The number of fused-ring (bicyclic) bond motifs is 2. The summed E-state index contributed by atoms with van der Waals surface area (Å²) >= 11 is 0. The van der Waals surface area contributed by atoms with Crippen molar-refractivity contribution in [2.75, 3.05) is 5.32 Å². The molecular weight excluding hydrogens is 264 g/mol. The molecule has 0 fully saturated rings. The van der Waals surface area contributed by atoms with Crippen molar-refractivity contribution in [1.29, 1.82) is 0 Å². The molecule has 2 aromatic heterocycles. The number of rotatable bonds is 3. The molecule has 4 rings (SSSR count). The molecule has 1 unspecified atom stereocenters. The Hall–Kier alpha value is -2.75. The largest absolute Gasteiger partial charge is 0.459 e. The molecule has 0 spiro atoms. The smallest absolute Gasteiger partial charge is 0.296 e. The number of anilines is 1. The van der Waals surface area contributed by atoms with Crippen LogP contribution >= 0.6 is 0 Å². The van der Waals surface area contributed by atoms with Crippen molar-refractivity contribution in [3.8, 4) is 0 Å². The number of furan rings is 1. The Morgan fingerprint density at radius 3 is 2.52 bits per heavy atom. The Morgan fingerprint density at radius 1 is 0.952 bits per heavy atom. The Morgan fingerprint density at radius 2 is 1.71 bits per heavy atom. The second-order valence-electron chi connectivity index (χ2n) is 5.04. The Labute approximate surface area is 121 Å². The van der Waals surface area contributed by atoms with E-state index in [1.807, 2.05) is 61.5 Å². The van der Waals surface area contributed by atoms with E-state index in [0.29, 0.717) is 6.01 Å². The quantitative estimate of drug-likeness (QED) is 0.587. The summed E-state index contributed by atoms with van der Waals surface area (Å²) in [5, 5.41) is 4.33. The van der Waals surface area contributed by atoms with Gasteiger partial charge in [-0.15, -0.1) is 0 Å². The van der Waals surface area contributed by atoms with Crippen LogP contribution in [0.25, 0.3) is 22.1 Å². The van der Waals surface area contributed by atoms with E-state index >= 15 is 0 Å². The van der Waals surface area contributed by atoms with Crippen molar-refractivity contribution < 1.29 is 8.83 Å². The third-order valence-electron chi connectivity index (χ3n) is 3.51. The summed E-state index contributed by atoms with van der Waals surface area (Å²) in [5.74, 6) is 0.860. The molecule has 0 bridgehead atoms. The lowest BCUT2D eigenvalue weighted by Gasteiger charge is -2.08. The first-order valence-corrected chi connectivity index (χ1v) is 6.90. The number of hydrogen-bond acceptors (Lipinski definition) is 4. The van der Waals surface area contributed by atoms with Crippen LogP contribution in [0.3, 0.4) is 0 Å². The molecular formula is C17H14N2O2. The highest BCUT2D eigenvalue weighted by molar-refractivity contribution is 5.78. The van der Waals surface area contributed by atoms with Gasteiger partial charge in [0.1, 0.15) is 16.9 Å². The van der Waals surface area contributed by atoms with Gasteiger partial charge < -0.3 is 14.2 Å². The van der Waals surface area contributed by atoms with Crippen LogP contribution in [0.4, 0.5) is 6.01 Å². The molecule has 4 nitrogen and oxygen atoms in total. The number of aromatic nitrogens is 1. The summed E-state index contributed by atoms with van der Waals surface area (Å²) < 4.78 is 11.5. The van der Waals surface area contributed by atoms with Crippen molar-refractivity contribution in [2.24, 2.45) is 0 Å². The maximum atomic E-state index is 5.84. The molecule has 0 aliphatic rings. The number of nitrogens with zero attached hydrogens (tertiary/aromatic N) is 1. The summed E-state index contributed by atoms with van der Waals surface area (Å²) in [4.78, 5) is 4.41. The lowest BCUT2D eigenvalue weighted by atomic mass is 10.2. The zero-order chi connectivity index (χ0) is 14.2. The van der Waals surface area contributed by atoms with Crippen molar-refractivity contribution >= 4 is 28.1 Å². The molecule has 1 N–H and O–H groups in total. The Balaban J connectivity index is 1.63. The molecule has 21 heavy (non-hydrogen) atoms. The zero-order valence-corrected chi connectivity index (χ0v) is 11.5. The fourth-order valence-corrected chi connectivity index (χ4v) is 2.41. The number of nitrogens with one attached hydrogen (secondary N) is 1. The van der Waals surface area contributed by atoms with Gasteiger partial charge in [0.2, 0.25) is 0 Å². The van der Waals surface area contributed by atoms with Gasteiger partial charge in [0.05, 0.1) is 6.04 Å². The van der Waals surface area contributed by atoms with Gasteiger partial charge in [-0.25, -0.2) is 0 Å². The molecule has 0 aliphatic carbocycles.